The second kappa shape index (κ2) is 9.75. The summed E-state index contributed by atoms with van der Waals surface area (Å²) in [6.45, 7) is 2.67. The molecular weight excluding hydrogens is 514 g/mol. The van der Waals surface area contributed by atoms with Gasteiger partial charge in [0.15, 0.2) is 17.3 Å². The molecule has 7 rings (SSSR count). The molecule has 204 valence electrons. The van der Waals surface area contributed by atoms with E-state index in [-0.39, 0.29) is 11.8 Å². The maximum absolute atomic E-state index is 10.8. The summed E-state index contributed by atoms with van der Waals surface area (Å²) in [5.41, 5.74) is 6.94. The van der Waals surface area contributed by atoms with E-state index in [4.69, 9.17) is 19.6 Å². The Morgan fingerprint density at radius 2 is 1.41 bits per heavy atom. The van der Waals surface area contributed by atoms with Crippen LogP contribution >= 0.6 is 0 Å². The van der Waals surface area contributed by atoms with Gasteiger partial charge in [-0.1, -0.05) is 60.7 Å². The molecule has 0 aliphatic carbocycles. The van der Waals surface area contributed by atoms with Crippen molar-refractivity contribution in [3.63, 3.8) is 0 Å². The molecule has 1 aromatic heterocycles. The van der Waals surface area contributed by atoms with Crippen LogP contribution in [0.5, 0.6) is 17.2 Å². The average Bonchev–Trinajstić information content (AvgIpc) is 3.51. The lowest BCUT2D eigenvalue weighted by atomic mass is 9.94. The number of aryl methyl sites for hydroxylation is 1. The molecule has 8 nitrogen and oxygen atoms in total. The Morgan fingerprint density at radius 3 is 2.07 bits per heavy atom. The van der Waals surface area contributed by atoms with E-state index in [0.717, 1.165) is 45.7 Å². The number of aromatic hydroxyl groups is 1. The van der Waals surface area contributed by atoms with Crippen LogP contribution in [-0.2, 0) is 6.54 Å². The van der Waals surface area contributed by atoms with Gasteiger partial charge in [0.05, 0.1) is 49.6 Å². The molecule has 0 fully saturated rings. The third-order valence-corrected chi connectivity index (χ3v) is 7.71. The largest absolute Gasteiger partial charge is 0.502 e. The number of guanidine groups is 1. The first-order valence-corrected chi connectivity index (χ1v) is 13.5. The SMILES string of the molecule is COc1cc([C@H]2c3c(C)nn(-c4ccccc4)c3N=C3N(Cc4ccccc4)c4ccccc4N32)cc(OC)c1O. The number of fused-ring (bicyclic) bond motifs is 4. The molecular formula is C33H29N5O3. The summed E-state index contributed by atoms with van der Waals surface area (Å²) in [6.07, 6.45) is 0. The van der Waals surface area contributed by atoms with E-state index in [0.29, 0.717) is 18.0 Å². The minimum absolute atomic E-state index is 0.0343. The number of rotatable bonds is 6. The lowest BCUT2D eigenvalue weighted by Gasteiger charge is -2.35. The fourth-order valence-corrected chi connectivity index (χ4v) is 5.85. The molecule has 0 radical (unpaired) electrons. The molecule has 2 aliphatic heterocycles. The third kappa shape index (κ3) is 3.90. The van der Waals surface area contributed by atoms with Crippen molar-refractivity contribution >= 4 is 23.2 Å². The van der Waals surface area contributed by atoms with Crippen LogP contribution in [0.4, 0.5) is 17.2 Å². The van der Waals surface area contributed by atoms with Crippen LogP contribution in [-0.4, -0.2) is 35.1 Å². The van der Waals surface area contributed by atoms with Crippen LogP contribution in [0, 0.1) is 6.92 Å². The second-order valence-electron chi connectivity index (χ2n) is 10.1. The number of para-hydroxylation sites is 3. The summed E-state index contributed by atoms with van der Waals surface area (Å²) >= 11 is 0. The summed E-state index contributed by atoms with van der Waals surface area (Å²) in [7, 11) is 3.09. The zero-order valence-electron chi connectivity index (χ0n) is 23.0. The normalized spacial score (nSPS) is 15.2. The van der Waals surface area contributed by atoms with E-state index in [1.807, 2.05) is 66.2 Å². The molecule has 8 heteroatoms. The molecule has 4 aromatic carbocycles. The van der Waals surface area contributed by atoms with Gasteiger partial charge in [0.25, 0.3) is 0 Å². The lowest BCUT2D eigenvalue weighted by molar-refractivity contribution is 0.339. The highest BCUT2D eigenvalue weighted by Gasteiger charge is 2.45. The number of methoxy groups -OCH3 is 2. The first-order valence-electron chi connectivity index (χ1n) is 13.5. The maximum atomic E-state index is 10.8. The molecule has 2 aliphatic rings. The summed E-state index contributed by atoms with van der Waals surface area (Å²) in [5.74, 6) is 2.21. The standard InChI is InChI=1S/C33H29N5O3/c1-21-29-30(23-18-27(40-2)31(39)28(19-23)41-3)37-26-17-11-10-16-25(26)36(20-22-12-6-4-7-13-22)33(37)34-32(29)38(35-21)24-14-8-5-9-15-24/h4-19,30,39H,20H2,1-3H3/t30-/m0/s1. The lowest BCUT2D eigenvalue weighted by Crippen LogP contribution is -2.42. The minimum atomic E-state index is -0.319. The zero-order valence-corrected chi connectivity index (χ0v) is 23.0. The molecule has 0 saturated carbocycles. The predicted molar refractivity (Wildman–Crippen MR) is 160 cm³/mol. The Hall–Kier alpha value is -5.24. The van der Waals surface area contributed by atoms with Gasteiger partial charge in [-0.15, -0.1) is 0 Å². The van der Waals surface area contributed by atoms with Crippen molar-refractivity contribution in [3.05, 3.63) is 119 Å². The average molecular weight is 544 g/mol. The van der Waals surface area contributed by atoms with Crippen LogP contribution in [0.15, 0.2) is 102 Å². The highest BCUT2D eigenvalue weighted by Crippen LogP contribution is 2.52. The molecule has 1 N–H and O–H groups in total. The van der Waals surface area contributed by atoms with Crippen LogP contribution < -0.4 is 19.3 Å². The Morgan fingerprint density at radius 1 is 0.805 bits per heavy atom. The van der Waals surface area contributed by atoms with E-state index >= 15 is 0 Å². The highest BCUT2D eigenvalue weighted by molar-refractivity contribution is 6.18. The number of phenolic OH excluding ortho intramolecular Hbond substituents is 1. The number of ether oxygens (including phenoxy) is 2. The van der Waals surface area contributed by atoms with Gasteiger partial charge in [-0.3, -0.25) is 4.90 Å². The molecule has 0 bridgehead atoms. The van der Waals surface area contributed by atoms with E-state index in [2.05, 4.69) is 52.3 Å². The first-order chi connectivity index (χ1) is 20.1. The van der Waals surface area contributed by atoms with Gasteiger partial charge in [-0.25, -0.2) is 4.68 Å². The predicted octanol–water partition coefficient (Wildman–Crippen LogP) is 6.52. The number of phenols is 1. The van der Waals surface area contributed by atoms with Crippen molar-refractivity contribution < 1.29 is 14.6 Å². The Balaban J connectivity index is 1.51. The van der Waals surface area contributed by atoms with Gasteiger partial charge in [-0.05, 0) is 54.4 Å². The molecule has 41 heavy (non-hydrogen) atoms. The van der Waals surface area contributed by atoms with Gasteiger partial charge in [0.1, 0.15) is 0 Å². The fraction of sp³-hybridized carbons (Fsp3) is 0.152. The van der Waals surface area contributed by atoms with Crippen LogP contribution in [0.1, 0.15) is 28.4 Å². The quantitative estimate of drug-likeness (QED) is 0.263. The van der Waals surface area contributed by atoms with Gasteiger partial charge >= 0.3 is 0 Å². The number of hydrogen-bond acceptors (Lipinski definition) is 7. The summed E-state index contributed by atoms with van der Waals surface area (Å²) in [6, 6.07) is 32.3. The molecule has 3 heterocycles. The number of benzene rings is 4. The number of aliphatic imine (C=N–C) groups is 1. The van der Waals surface area contributed by atoms with Gasteiger partial charge in [0.2, 0.25) is 11.7 Å². The maximum Gasteiger partial charge on any atom is 0.213 e. The first kappa shape index (κ1) is 24.8. The van der Waals surface area contributed by atoms with Gasteiger partial charge < -0.3 is 19.5 Å². The Labute approximate surface area is 238 Å². The van der Waals surface area contributed by atoms with Crippen LogP contribution in [0.2, 0.25) is 0 Å². The Kier molecular flexibility index (Phi) is 5.89. The topological polar surface area (TPSA) is 75.4 Å². The van der Waals surface area contributed by atoms with Crippen molar-refractivity contribution in [2.75, 3.05) is 24.0 Å². The Bertz CT molecular complexity index is 1760. The van der Waals surface area contributed by atoms with Crippen molar-refractivity contribution in [1.82, 2.24) is 9.78 Å². The fourth-order valence-electron chi connectivity index (χ4n) is 5.85. The van der Waals surface area contributed by atoms with E-state index in [9.17, 15) is 5.11 Å². The van der Waals surface area contributed by atoms with Gasteiger partial charge in [-0.2, -0.15) is 10.1 Å². The van der Waals surface area contributed by atoms with Crippen molar-refractivity contribution in [1.29, 1.82) is 0 Å². The molecule has 0 saturated heterocycles. The van der Waals surface area contributed by atoms with Crippen molar-refractivity contribution in [2.45, 2.75) is 19.5 Å². The van der Waals surface area contributed by atoms with E-state index in [1.54, 1.807) is 14.2 Å². The number of anilines is 2. The summed E-state index contributed by atoms with van der Waals surface area (Å²) in [5, 5.41) is 15.7. The molecule has 0 amide bonds. The summed E-state index contributed by atoms with van der Waals surface area (Å²) in [4.78, 5) is 9.85. The van der Waals surface area contributed by atoms with Crippen LogP contribution in [0.3, 0.4) is 0 Å². The molecule has 0 unspecified atom stereocenters. The van der Waals surface area contributed by atoms with Crippen LogP contribution in [0.25, 0.3) is 5.69 Å². The minimum Gasteiger partial charge on any atom is -0.502 e. The van der Waals surface area contributed by atoms with Crippen molar-refractivity contribution in [2.24, 2.45) is 4.99 Å². The van der Waals surface area contributed by atoms with E-state index in [1.165, 1.54) is 5.56 Å². The van der Waals surface area contributed by atoms with E-state index < -0.39 is 0 Å². The number of hydrogen-bond donors (Lipinski definition) is 1. The third-order valence-electron chi connectivity index (χ3n) is 7.71. The molecule has 5 aromatic rings. The molecule has 1 atom stereocenters. The summed E-state index contributed by atoms with van der Waals surface area (Å²) < 4.78 is 13.1. The highest BCUT2D eigenvalue weighted by atomic mass is 16.5. The second-order valence-corrected chi connectivity index (χ2v) is 10.1. The smallest absolute Gasteiger partial charge is 0.213 e. The van der Waals surface area contributed by atoms with Gasteiger partial charge in [0, 0.05) is 5.56 Å². The number of nitrogens with zero attached hydrogens (tertiary/aromatic N) is 5. The number of aromatic nitrogens is 2. The van der Waals surface area contributed by atoms with Crippen molar-refractivity contribution in [3.8, 4) is 22.9 Å². The monoisotopic (exact) mass is 543 g/mol. The molecule has 0 spiro atoms. The zero-order chi connectivity index (χ0) is 28.1.